The number of benzene rings is 1. The first-order valence-electron chi connectivity index (χ1n) is 7.10. The van der Waals surface area contributed by atoms with E-state index in [1.807, 2.05) is 41.2 Å². The second-order valence-electron chi connectivity index (χ2n) is 4.84. The summed E-state index contributed by atoms with van der Waals surface area (Å²) in [6.07, 6.45) is 6.09. The van der Waals surface area contributed by atoms with Crippen LogP contribution in [0.3, 0.4) is 0 Å². The fourth-order valence-electron chi connectivity index (χ4n) is 2.23. The minimum absolute atomic E-state index is 0.766. The first-order chi connectivity index (χ1) is 10.4. The van der Waals surface area contributed by atoms with Crippen LogP contribution >= 0.6 is 0 Å². The summed E-state index contributed by atoms with van der Waals surface area (Å²) in [5.41, 5.74) is 3.28. The van der Waals surface area contributed by atoms with Crippen molar-refractivity contribution in [1.82, 2.24) is 14.8 Å². The molecule has 0 saturated carbocycles. The van der Waals surface area contributed by atoms with Crippen molar-refractivity contribution < 1.29 is 4.42 Å². The van der Waals surface area contributed by atoms with Gasteiger partial charge in [-0.05, 0) is 36.8 Å². The highest BCUT2D eigenvalue weighted by Crippen LogP contribution is 2.21. The Bertz CT molecular complexity index is 671. The molecule has 1 aromatic carbocycles. The maximum Gasteiger partial charge on any atom is 0.181 e. The maximum absolute atomic E-state index is 5.28. The summed E-state index contributed by atoms with van der Waals surface area (Å²) in [5, 5.41) is 7.73. The van der Waals surface area contributed by atoms with Gasteiger partial charge in [-0.15, -0.1) is 0 Å². The molecule has 108 valence electrons. The Morgan fingerprint density at radius 1 is 1.19 bits per heavy atom. The lowest BCUT2D eigenvalue weighted by atomic mass is 10.1. The molecule has 0 fully saturated rings. The largest absolute Gasteiger partial charge is 0.444 e. The minimum atomic E-state index is 0.766. The van der Waals surface area contributed by atoms with Gasteiger partial charge in [-0.1, -0.05) is 6.92 Å². The van der Waals surface area contributed by atoms with E-state index in [-0.39, 0.29) is 0 Å². The minimum Gasteiger partial charge on any atom is -0.444 e. The molecule has 0 atom stereocenters. The zero-order valence-corrected chi connectivity index (χ0v) is 12.0. The lowest BCUT2D eigenvalue weighted by Crippen LogP contribution is -2.08. The first-order valence-corrected chi connectivity index (χ1v) is 7.10. The highest BCUT2D eigenvalue weighted by atomic mass is 16.3. The number of aromatic nitrogens is 3. The third-order valence-electron chi connectivity index (χ3n) is 3.32. The van der Waals surface area contributed by atoms with Crippen LogP contribution in [-0.2, 0) is 13.1 Å². The number of aryl methyl sites for hydroxylation is 1. The Labute approximate surface area is 123 Å². The van der Waals surface area contributed by atoms with Gasteiger partial charge in [0.1, 0.15) is 0 Å². The highest BCUT2D eigenvalue weighted by Gasteiger charge is 2.03. The Hall–Kier alpha value is -2.56. The van der Waals surface area contributed by atoms with E-state index >= 15 is 0 Å². The predicted octanol–water partition coefficient (Wildman–Crippen LogP) is 3.56. The molecule has 0 saturated heterocycles. The van der Waals surface area contributed by atoms with Crippen molar-refractivity contribution in [3.8, 4) is 11.3 Å². The van der Waals surface area contributed by atoms with Crippen LogP contribution in [0.15, 0.2) is 53.5 Å². The van der Waals surface area contributed by atoms with Crippen molar-refractivity contribution in [1.29, 1.82) is 0 Å². The summed E-state index contributed by atoms with van der Waals surface area (Å²) in [7, 11) is 0. The highest BCUT2D eigenvalue weighted by molar-refractivity contribution is 5.60. The molecule has 21 heavy (non-hydrogen) atoms. The number of hydrogen-bond donors (Lipinski definition) is 1. The molecule has 0 spiro atoms. The van der Waals surface area contributed by atoms with E-state index in [4.69, 9.17) is 4.42 Å². The average molecular weight is 282 g/mol. The fraction of sp³-hybridized carbons (Fsp3) is 0.250. The van der Waals surface area contributed by atoms with Crippen LogP contribution < -0.4 is 5.32 Å². The maximum atomic E-state index is 5.28. The molecule has 5 heteroatoms. The Kier molecular flexibility index (Phi) is 4.00. The number of rotatable bonds is 6. The summed E-state index contributed by atoms with van der Waals surface area (Å²) < 4.78 is 7.32. The topological polar surface area (TPSA) is 55.9 Å². The number of nitrogens with zero attached hydrogens (tertiary/aromatic N) is 3. The molecule has 5 nitrogen and oxygen atoms in total. The van der Waals surface area contributed by atoms with Gasteiger partial charge in [0.2, 0.25) is 0 Å². The molecule has 2 heterocycles. The summed E-state index contributed by atoms with van der Waals surface area (Å²) >= 11 is 0. The lowest BCUT2D eigenvalue weighted by Gasteiger charge is -2.09. The standard InChI is InChI=1S/C16H18N4O/c1-2-9-20-15(7-8-19-20)10-18-14-5-3-13(4-6-14)16-11-17-12-21-16/h3-8,11-12,18H,2,9-10H2,1H3. The van der Waals surface area contributed by atoms with Gasteiger partial charge in [0.05, 0.1) is 18.4 Å². The average Bonchev–Trinajstić information content (AvgIpc) is 3.18. The van der Waals surface area contributed by atoms with Gasteiger partial charge in [-0.3, -0.25) is 4.68 Å². The molecule has 0 amide bonds. The molecule has 0 aliphatic heterocycles. The van der Waals surface area contributed by atoms with Gasteiger partial charge in [-0.2, -0.15) is 5.10 Å². The molecule has 0 radical (unpaired) electrons. The Morgan fingerprint density at radius 2 is 2.05 bits per heavy atom. The normalized spacial score (nSPS) is 10.7. The quantitative estimate of drug-likeness (QED) is 0.751. The van der Waals surface area contributed by atoms with Crippen molar-refractivity contribution in [2.75, 3.05) is 5.32 Å². The summed E-state index contributed by atoms with van der Waals surface area (Å²) in [6, 6.07) is 10.2. The molecule has 0 aliphatic carbocycles. The van der Waals surface area contributed by atoms with Gasteiger partial charge in [0, 0.05) is 24.0 Å². The molecule has 0 bridgehead atoms. The van der Waals surface area contributed by atoms with Crippen LogP contribution in [0.2, 0.25) is 0 Å². The van der Waals surface area contributed by atoms with Crippen molar-refractivity contribution >= 4 is 5.69 Å². The van der Waals surface area contributed by atoms with Crippen LogP contribution in [0.1, 0.15) is 19.0 Å². The zero-order valence-electron chi connectivity index (χ0n) is 12.0. The lowest BCUT2D eigenvalue weighted by molar-refractivity contribution is 0.572. The smallest absolute Gasteiger partial charge is 0.181 e. The van der Waals surface area contributed by atoms with E-state index in [1.54, 1.807) is 6.20 Å². The molecule has 1 N–H and O–H groups in total. The third kappa shape index (κ3) is 3.13. The van der Waals surface area contributed by atoms with E-state index < -0.39 is 0 Å². The predicted molar refractivity (Wildman–Crippen MR) is 81.8 cm³/mol. The van der Waals surface area contributed by atoms with E-state index in [9.17, 15) is 0 Å². The van der Waals surface area contributed by atoms with Crippen LogP contribution in [0, 0.1) is 0 Å². The van der Waals surface area contributed by atoms with Crippen molar-refractivity contribution in [3.63, 3.8) is 0 Å². The second kappa shape index (κ2) is 6.26. The van der Waals surface area contributed by atoms with E-state index in [2.05, 4.69) is 22.3 Å². The van der Waals surface area contributed by atoms with E-state index in [1.165, 1.54) is 12.1 Å². The molecule has 0 unspecified atom stereocenters. The monoisotopic (exact) mass is 282 g/mol. The van der Waals surface area contributed by atoms with Crippen LogP contribution in [0.25, 0.3) is 11.3 Å². The van der Waals surface area contributed by atoms with Gasteiger partial charge in [-0.25, -0.2) is 4.98 Å². The summed E-state index contributed by atoms with van der Waals surface area (Å²) in [6.45, 7) is 3.87. The van der Waals surface area contributed by atoms with E-state index in [0.29, 0.717) is 0 Å². The zero-order chi connectivity index (χ0) is 14.5. The van der Waals surface area contributed by atoms with Crippen LogP contribution in [0.5, 0.6) is 0 Å². The van der Waals surface area contributed by atoms with Gasteiger partial charge < -0.3 is 9.73 Å². The van der Waals surface area contributed by atoms with Gasteiger partial charge in [0.15, 0.2) is 12.2 Å². The Balaban J connectivity index is 1.64. The van der Waals surface area contributed by atoms with Crippen LogP contribution in [0.4, 0.5) is 5.69 Å². The molecule has 2 aromatic heterocycles. The first kappa shape index (κ1) is 13.4. The fourth-order valence-corrected chi connectivity index (χ4v) is 2.23. The Morgan fingerprint density at radius 3 is 2.76 bits per heavy atom. The number of anilines is 1. The van der Waals surface area contributed by atoms with Crippen molar-refractivity contribution in [2.45, 2.75) is 26.4 Å². The van der Waals surface area contributed by atoms with Gasteiger partial charge in [0.25, 0.3) is 0 Å². The van der Waals surface area contributed by atoms with Crippen LogP contribution in [-0.4, -0.2) is 14.8 Å². The summed E-state index contributed by atoms with van der Waals surface area (Å²) in [4.78, 5) is 3.93. The SMILES string of the molecule is CCCn1nccc1CNc1ccc(-c2cnco2)cc1. The number of hydrogen-bond acceptors (Lipinski definition) is 4. The molecule has 0 aliphatic rings. The third-order valence-corrected chi connectivity index (χ3v) is 3.32. The molecular weight excluding hydrogens is 264 g/mol. The van der Waals surface area contributed by atoms with Gasteiger partial charge >= 0.3 is 0 Å². The van der Waals surface area contributed by atoms with Crippen molar-refractivity contribution in [2.24, 2.45) is 0 Å². The number of oxazole rings is 1. The van der Waals surface area contributed by atoms with E-state index in [0.717, 1.165) is 36.5 Å². The number of nitrogens with one attached hydrogen (secondary N) is 1. The second-order valence-corrected chi connectivity index (χ2v) is 4.84. The molecule has 3 rings (SSSR count). The summed E-state index contributed by atoms with van der Waals surface area (Å²) in [5.74, 6) is 0.780. The molecule has 3 aromatic rings. The molecular formula is C16H18N4O. The van der Waals surface area contributed by atoms with Crippen molar-refractivity contribution in [3.05, 3.63) is 54.8 Å².